The monoisotopic (exact) mass is 454 g/mol. The van der Waals surface area contributed by atoms with Gasteiger partial charge >= 0.3 is 10.2 Å². The van der Waals surface area contributed by atoms with Crippen molar-refractivity contribution in [2.45, 2.75) is 12.8 Å². The Morgan fingerprint density at radius 3 is 2.68 bits per heavy atom. The van der Waals surface area contributed by atoms with E-state index in [4.69, 9.17) is 18.9 Å². The Morgan fingerprint density at radius 1 is 1.23 bits per heavy atom. The SMILES string of the molecule is COCOc1cc2ccc(OCC3CCOCC3)cc2c(F)c1N1CC(=O)NS1(=O)=O. The summed E-state index contributed by atoms with van der Waals surface area (Å²) in [7, 11) is -2.85. The van der Waals surface area contributed by atoms with E-state index in [-0.39, 0.29) is 23.6 Å². The highest BCUT2D eigenvalue weighted by molar-refractivity contribution is 7.92. The molecular formula is C20H23FN2O7S. The second-order valence-electron chi connectivity index (χ2n) is 7.37. The minimum atomic E-state index is -4.23. The number of anilines is 1. The lowest BCUT2D eigenvalue weighted by Gasteiger charge is -2.23. The number of carbonyl (C=O) groups excluding carboxylic acids is 1. The molecule has 0 spiro atoms. The molecule has 0 aromatic heterocycles. The molecule has 4 rings (SSSR count). The number of nitrogens with one attached hydrogen (secondary N) is 1. The first-order valence-electron chi connectivity index (χ1n) is 9.81. The zero-order valence-electron chi connectivity index (χ0n) is 16.9. The van der Waals surface area contributed by atoms with Crippen LogP contribution in [-0.4, -0.2) is 54.6 Å². The van der Waals surface area contributed by atoms with Gasteiger partial charge in [0.1, 0.15) is 18.0 Å². The zero-order valence-corrected chi connectivity index (χ0v) is 17.7. The van der Waals surface area contributed by atoms with Crippen molar-refractivity contribution in [2.24, 2.45) is 5.92 Å². The number of halogens is 1. The Labute approximate surface area is 179 Å². The number of nitrogens with zero attached hydrogens (tertiary/aromatic N) is 1. The van der Waals surface area contributed by atoms with E-state index in [0.29, 0.717) is 41.2 Å². The predicted molar refractivity (Wildman–Crippen MR) is 110 cm³/mol. The van der Waals surface area contributed by atoms with Gasteiger partial charge in [0.05, 0.1) is 6.61 Å². The molecule has 168 valence electrons. The molecule has 0 atom stereocenters. The van der Waals surface area contributed by atoms with Crippen LogP contribution in [0.3, 0.4) is 0 Å². The number of benzene rings is 2. The average Bonchev–Trinajstić information content (AvgIpc) is 3.03. The fourth-order valence-electron chi connectivity index (χ4n) is 3.62. The smallest absolute Gasteiger partial charge is 0.326 e. The molecule has 1 amide bonds. The van der Waals surface area contributed by atoms with Crippen LogP contribution in [0.5, 0.6) is 11.5 Å². The summed E-state index contributed by atoms with van der Waals surface area (Å²) >= 11 is 0. The van der Waals surface area contributed by atoms with Crippen molar-refractivity contribution in [1.29, 1.82) is 0 Å². The van der Waals surface area contributed by atoms with Crippen molar-refractivity contribution in [3.8, 4) is 11.5 Å². The number of ether oxygens (including phenoxy) is 4. The van der Waals surface area contributed by atoms with Crippen molar-refractivity contribution in [2.75, 3.05) is 44.6 Å². The lowest BCUT2D eigenvalue weighted by atomic mass is 10.0. The van der Waals surface area contributed by atoms with Gasteiger partial charge in [-0.1, -0.05) is 6.07 Å². The molecule has 0 saturated carbocycles. The van der Waals surface area contributed by atoms with E-state index in [9.17, 15) is 13.2 Å². The van der Waals surface area contributed by atoms with E-state index in [0.717, 1.165) is 12.8 Å². The minimum Gasteiger partial charge on any atom is -0.493 e. The fourth-order valence-corrected chi connectivity index (χ4v) is 4.78. The van der Waals surface area contributed by atoms with Crippen LogP contribution in [0.25, 0.3) is 10.8 Å². The Morgan fingerprint density at radius 2 is 2.00 bits per heavy atom. The van der Waals surface area contributed by atoms with Gasteiger partial charge in [0, 0.05) is 25.7 Å². The van der Waals surface area contributed by atoms with Crippen molar-refractivity contribution in [1.82, 2.24) is 4.72 Å². The summed E-state index contributed by atoms with van der Waals surface area (Å²) in [6.07, 6.45) is 1.81. The second kappa shape index (κ2) is 8.85. The Kier molecular flexibility index (Phi) is 6.17. The van der Waals surface area contributed by atoms with Crippen molar-refractivity contribution in [3.63, 3.8) is 0 Å². The molecule has 2 aromatic carbocycles. The number of hydrogen-bond acceptors (Lipinski definition) is 7. The number of amides is 1. The summed E-state index contributed by atoms with van der Waals surface area (Å²) in [6.45, 7) is 1.11. The van der Waals surface area contributed by atoms with Crippen LogP contribution in [0, 0.1) is 11.7 Å². The largest absolute Gasteiger partial charge is 0.493 e. The normalized spacial score (nSPS) is 18.9. The summed E-state index contributed by atoms with van der Waals surface area (Å²) in [5, 5.41) is 0.639. The van der Waals surface area contributed by atoms with E-state index in [1.807, 2.05) is 4.72 Å². The molecule has 11 heteroatoms. The quantitative estimate of drug-likeness (QED) is 0.638. The minimum absolute atomic E-state index is 0.0530. The van der Waals surface area contributed by atoms with Crippen molar-refractivity contribution in [3.05, 3.63) is 30.1 Å². The van der Waals surface area contributed by atoms with E-state index in [1.54, 1.807) is 12.1 Å². The number of rotatable bonds is 7. The Bertz CT molecular complexity index is 1090. The molecule has 2 saturated heterocycles. The van der Waals surface area contributed by atoms with Gasteiger partial charge in [0.25, 0.3) is 5.91 Å². The molecule has 2 fully saturated rings. The lowest BCUT2D eigenvalue weighted by Crippen LogP contribution is -2.30. The van der Waals surface area contributed by atoms with E-state index >= 15 is 4.39 Å². The van der Waals surface area contributed by atoms with Gasteiger partial charge in [-0.15, -0.1) is 0 Å². The van der Waals surface area contributed by atoms with Crippen molar-refractivity contribution < 1.29 is 36.6 Å². The van der Waals surface area contributed by atoms with E-state index in [2.05, 4.69) is 0 Å². The number of hydrogen-bond donors (Lipinski definition) is 1. The van der Waals surface area contributed by atoms with Gasteiger partial charge in [-0.2, -0.15) is 8.42 Å². The first-order chi connectivity index (χ1) is 14.9. The molecule has 1 N–H and O–H groups in total. The summed E-state index contributed by atoms with van der Waals surface area (Å²) in [4.78, 5) is 11.7. The maximum Gasteiger partial charge on any atom is 0.326 e. The fraction of sp³-hybridized carbons (Fsp3) is 0.450. The summed E-state index contributed by atoms with van der Waals surface area (Å²) in [5.74, 6) is -0.817. The third-order valence-corrected chi connectivity index (χ3v) is 6.60. The number of fused-ring (bicyclic) bond motifs is 1. The van der Waals surface area contributed by atoms with Crippen LogP contribution in [-0.2, 0) is 24.5 Å². The molecule has 0 aliphatic carbocycles. The van der Waals surface area contributed by atoms with Gasteiger partial charge in [0.15, 0.2) is 18.4 Å². The third kappa shape index (κ3) is 4.53. The highest BCUT2D eigenvalue weighted by Crippen LogP contribution is 2.40. The third-order valence-electron chi connectivity index (χ3n) is 5.22. The molecule has 2 aromatic rings. The Balaban J connectivity index is 1.71. The topological polar surface area (TPSA) is 103 Å². The van der Waals surface area contributed by atoms with Crippen LogP contribution in [0.1, 0.15) is 12.8 Å². The predicted octanol–water partition coefficient (Wildman–Crippen LogP) is 1.95. The van der Waals surface area contributed by atoms with E-state index < -0.39 is 28.5 Å². The molecular weight excluding hydrogens is 431 g/mol. The van der Waals surface area contributed by atoms with E-state index in [1.165, 1.54) is 19.2 Å². The average molecular weight is 454 g/mol. The highest BCUT2D eigenvalue weighted by Gasteiger charge is 2.38. The molecule has 2 aliphatic rings. The van der Waals surface area contributed by atoms with Gasteiger partial charge in [-0.05, 0) is 42.3 Å². The standard InChI is InChI=1S/C20H23FN2O7S/c1-27-12-30-17-8-14-2-3-15(29-11-13-4-6-28-7-5-13)9-16(14)19(21)20(17)23-10-18(24)22-31(23,25)26/h2-3,8-9,13H,4-7,10-12H2,1H3,(H,22,24). The molecule has 9 nitrogen and oxygen atoms in total. The maximum absolute atomic E-state index is 15.6. The molecule has 0 bridgehead atoms. The number of methoxy groups -OCH3 is 1. The van der Waals surface area contributed by atoms with Gasteiger partial charge in [-0.3, -0.25) is 4.79 Å². The lowest BCUT2D eigenvalue weighted by molar-refractivity contribution is -0.117. The van der Waals surface area contributed by atoms with Crippen LogP contribution in [0.2, 0.25) is 0 Å². The highest BCUT2D eigenvalue weighted by atomic mass is 32.2. The second-order valence-corrected chi connectivity index (χ2v) is 8.97. The summed E-state index contributed by atoms with van der Waals surface area (Å²) in [6, 6.07) is 6.42. The molecule has 31 heavy (non-hydrogen) atoms. The first kappa shape index (κ1) is 21.6. The van der Waals surface area contributed by atoms with Crippen molar-refractivity contribution >= 4 is 32.6 Å². The molecule has 2 heterocycles. The summed E-state index contributed by atoms with van der Waals surface area (Å²) < 4.78 is 64.3. The van der Waals surface area contributed by atoms with Gasteiger partial charge in [0.2, 0.25) is 0 Å². The van der Waals surface area contributed by atoms with Gasteiger partial charge < -0.3 is 18.9 Å². The summed E-state index contributed by atoms with van der Waals surface area (Å²) in [5.41, 5.74) is -0.357. The van der Waals surface area contributed by atoms with Gasteiger partial charge in [-0.25, -0.2) is 13.4 Å². The Hall–Kier alpha value is -2.63. The van der Waals surface area contributed by atoms with Crippen LogP contribution < -0.4 is 18.5 Å². The van der Waals surface area contributed by atoms with Crippen LogP contribution in [0.15, 0.2) is 24.3 Å². The maximum atomic E-state index is 15.6. The van der Waals surface area contributed by atoms with Crippen LogP contribution in [0.4, 0.5) is 10.1 Å². The van der Waals surface area contributed by atoms with Crippen LogP contribution >= 0.6 is 0 Å². The first-order valence-corrected chi connectivity index (χ1v) is 11.2. The molecule has 2 aliphatic heterocycles. The number of carbonyl (C=O) groups is 1. The zero-order chi connectivity index (χ0) is 22.0. The molecule has 0 unspecified atom stereocenters. The molecule has 0 radical (unpaired) electrons.